The third-order valence-electron chi connectivity index (χ3n) is 3.52. The monoisotopic (exact) mass is 333 g/mol. The summed E-state index contributed by atoms with van der Waals surface area (Å²) in [4.78, 5) is 12.5. The molecule has 0 unspecified atom stereocenters. The van der Waals surface area contributed by atoms with Crippen LogP contribution in [0.25, 0.3) is 5.70 Å². The van der Waals surface area contributed by atoms with Gasteiger partial charge >= 0.3 is 0 Å². The van der Waals surface area contributed by atoms with Gasteiger partial charge in [-0.15, -0.1) is 0 Å². The van der Waals surface area contributed by atoms with Crippen molar-refractivity contribution in [2.24, 2.45) is 0 Å². The Labute approximate surface area is 146 Å². The number of carbonyl (C=O) groups is 1. The van der Waals surface area contributed by atoms with Crippen molar-refractivity contribution in [3.8, 4) is 0 Å². The van der Waals surface area contributed by atoms with Crippen LogP contribution in [0.1, 0.15) is 15.9 Å². The number of carbonyl (C=O) groups excluding carboxylic acids is 1. The number of anilines is 1. The lowest BCUT2D eigenvalue weighted by molar-refractivity contribution is 0.104. The van der Waals surface area contributed by atoms with Crippen LogP contribution < -0.4 is 5.32 Å². The summed E-state index contributed by atoms with van der Waals surface area (Å²) in [6, 6.07) is 26.4. The largest absolute Gasteiger partial charge is 0.355 e. The van der Waals surface area contributed by atoms with Crippen LogP contribution in [0.15, 0.2) is 91.0 Å². The van der Waals surface area contributed by atoms with E-state index >= 15 is 0 Å². The van der Waals surface area contributed by atoms with Crippen LogP contribution in [-0.4, -0.2) is 5.78 Å². The molecule has 3 rings (SSSR count). The fourth-order valence-corrected chi connectivity index (χ4v) is 2.54. The molecule has 0 fully saturated rings. The maximum atomic E-state index is 12.5. The van der Waals surface area contributed by atoms with Crippen molar-refractivity contribution in [2.45, 2.75) is 0 Å². The first-order valence-corrected chi connectivity index (χ1v) is 7.99. The molecule has 1 N–H and O–H groups in total. The van der Waals surface area contributed by atoms with E-state index in [2.05, 4.69) is 5.32 Å². The predicted octanol–water partition coefficient (Wildman–Crippen LogP) is 5.68. The molecule has 24 heavy (non-hydrogen) atoms. The molecule has 0 aromatic heterocycles. The van der Waals surface area contributed by atoms with Gasteiger partial charge in [0.05, 0.1) is 0 Å². The Morgan fingerprint density at radius 1 is 0.792 bits per heavy atom. The van der Waals surface area contributed by atoms with E-state index in [4.69, 9.17) is 11.6 Å². The third-order valence-corrected chi connectivity index (χ3v) is 3.76. The first-order valence-electron chi connectivity index (χ1n) is 7.61. The van der Waals surface area contributed by atoms with Crippen molar-refractivity contribution in [1.29, 1.82) is 0 Å². The van der Waals surface area contributed by atoms with Crippen LogP contribution in [-0.2, 0) is 0 Å². The molecule has 0 bridgehead atoms. The van der Waals surface area contributed by atoms with Crippen LogP contribution >= 0.6 is 11.6 Å². The number of hydrogen-bond acceptors (Lipinski definition) is 2. The molecule has 0 aliphatic rings. The average molecular weight is 334 g/mol. The van der Waals surface area contributed by atoms with Gasteiger partial charge in [0.15, 0.2) is 5.78 Å². The number of nitrogens with one attached hydrogen (secondary N) is 1. The zero-order valence-corrected chi connectivity index (χ0v) is 13.7. The van der Waals surface area contributed by atoms with E-state index in [0.717, 1.165) is 16.9 Å². The Bertz CT molecular complexity index is 857. The Hall–Kier alpha value is -2.84. The standard InChI is InChI=1S/C21H16ClNO/c22-18-12-7-13-19(14-18)23-20(16-8-3-1-4-9-16)15-21(24)17-10-5-2-6-11-17/h1-15,23H/b20-15+. The van der Waals surface area contributed by atoms with E-state index in [-0.39, 0.29) is 5.78 Å². The molecule has 3 aromatic rings. The summed E-state index contributed by atoms with van der Waals surface area (Å²) in [5.74, 6) is -0.0519. The summed E-state index contributed by atoms with van der Waals surface area (Å²) < 4.78 is 0. The van der Waals surface area contributed by atoms with Gasteiger partial charge in [-0.2, -0.15) is 0 Å². The second-order valence-electron chi connectivity index (χ2n) is 5.29. The number of hydrogen-bond donors (Lipinski definition) is 1. The van der Waals surface area contributed by atoms with Gasteiger partial charge in [-0.05, 0) is 23.8 Å². The van der Waals surface area contributed by atoms with Crippen molar-refractivity contribution in [2.75, 3.05) is 5.32 Å². The van der Waals surface area contributed by atoms with Crippen molar-refractivity contribution in [1.82, 2.24) is 0 Å². The highest BCUT2D eigenvalue weighted by Crippen LogP contribution is 2.22. The van der Waals surface area contributed by atoms with Gasteiger partial charge in [-0.1, -0.05) is 78.3 Å². The van der Waals surface area contributed by atoms with Crippen molar-refractivity contribution in [3.05, 3.63) is 107 Å². The highest BCUT2D eigenvalue weighted by molar-refractivity contribution is 6.30. The molecule has 3 aromatic carbocycles. The summed E-state index contributed by atoms with van der Waals surface area (Å²) in [5, 5.41) is 3.93. The van der Waals surface area contributed by atoms with Gasteiger partial charge in [0.25, 0.3) is 0 Å². The molecule has 0 aliphatic heterocycles. The van der Waals surface area contributed by atoms with Crippen molar-refractivity contribution >= 4 is 28.8 Å². The predicted molar refractivity (Wildman–Crippen MR) is 100 cm³/mol. The SMILES string of the molecule is O=C(/C=C(/Nc1cccc(Cl)c1)c1ccccc1)c1ccccc1. The van der Waals surface area contributed by atoms with Gasteiger partial charge < -0.3 is 5.32 Å². The maximum absolute atomic E-state index is 12.5. The fraction of sp³-hybridized carbons (Fsp3) is 0. The Morgan fingerprint density at radius 3 is 2.04 bits per heavy atom. The Kier molecular flexibility index (Phi) is 5.09. The van der Waals surface area contributed by atoms with Crippen LogP contribution in [0.3, 0.4) is 0 Å². The third kappa shape index (κ3) is 4.12. The highest BCUT2D eigenvalue weighted by Gasteiger charge is 2.07. The lowest BCUT2D eigenvalue weighted by Crippen LogP contribution is -2.03. The fourth-order valence-electron chi connectivity index (χ4n) is 2.35. The molecule has 0 aliphatic carbocycles. The molecule has 0 atom stereocenters. The topological polar surface area (TPSA) is 29.1 Å². The molecular weight excluding hydrogens is 318 g/mol. The second-order valence-corrected chi connectivity index (χ2v) is 5.73. The molecule has 0 spiro atoms. The van der Waals surface area contributed by atoms with E-state index in [9.17, 15) is 4.79 Å². The number of allylic oxidation sites excluding steroid dienone is 1. The summed E-state index contributed by atoms with van der Waals surface area (Å²) in [7, 11) is 0. The molecule has 0 heterocycles. The second kappa shape index (κ2) is 7.62. The normalized spacial score (nSPS) is 11.1. The zero-order chi connectivity index (χ0) is 16.8. The number of halogens is 1. The minimum Gasteiger partial charge on any atom is -0.355 e. The van der Waals surface area contributed by atoms with Crippen molar-refractivity contribution < 1.29 is 4.79 Å². The van der Waals surface area contributed by atoms with Gasteiger partial charge in [0.2, 0.25) is 0 Å². The van der Waals surface area contributed by atoms with Gasteiger partial charge in [0.1, 0.15) is 0 Å². The number of benzene rings is 3. The van der Waals surface area contributed by atoms with Gasteiger partial charge in [-0.3, -0.25) is 4.79 Å². The summed E-state index contributed by atoms with van der Waals surface area (Å²) in [6.45, 7) is 0. The zero-order valence-electron chi connectivity index (χ0n) is 12.9. The van der Waals surface area contributed by atoms with Gasteiger partial charge in [-0.25, -0.2) is 0 Å². The average Bonchev–Trinajstić information content (AvgIpc) is 2.63. The number of rotatable bonds is 5. The quantitative estimate of drug-likeness (QED) is 0.481. The van der Waals surface area contributed by atoms with Crippen LogP contribution in [0.2, 0.25) is 5.02 Å². The molecule has 0 amide bonds. The Morgan fingerprint density at radius 2 is 1.42 bits per heavy atom. The smallest absolute Gasteiger partial charge is 0.187 e. The van der Waals surface area contributed by atoms with E-state index in [1.165, 1.54) is 0 Å². The summed E-state index contributed by atoms with van der Waals surface area (Å²) >= 11 is 6.05. The van der Waals surface area contributed by atoms with E-state index in [0.29, 0.717) is 10.6 Å². The van der Waals surface area contributed by atoms with E-state index < -0.39 is 0 Å². The lowest BCUT2D eigenvalue weighted by atomic mass is 10.1. The summed E-state index contributed by atoms with van der Waals surface area (Å²) in [5.41, 5.74) is 3.14. The Balaban J connectivity index is 1.96. The number of ketones is 1. The molecule has 3 heteroatoms. The van der Waals surface area contributed by atoms with E-state index in [1.54, 1.807) is 18.2 Å². The molecule has 0 saturated carbocycles. The maximum Gasteiger partial charge on any atom is 0.187 e. The first kappa shape index (κ1) is 16.0. The van der Waals surface area contributed by atoms with Crippen LogP contribution in [0, 0.1) is 0 Å². The molecule has 2 nitrogen and oxygen atoms in total. The highest BCUT2D eigenvalue weighted by atomic mass is 35.5. The minimum atomic E-state index is -0.0519. The van der Waals surface area contributed by atoms with E-state index in [1.807, 2.05) is 72.8 Å². The first-order chi connectivity index (χ1) is 11.7. The lowest BCUT2D eigenvalue weighted by Gasteiger charge is -2.12. The van der Waals surface area contributed by atoms with Crippen LogP contribution in [0.4, 0.5) is 5.69 Å². The van der Waals surface area contributed by atoms with Crippen LogP contribution in [0.5, 0.6) is 0 Å². The van der Waals surface area contributed by atoms with Gasteiger partial charge in [0, 0.05) is 28.0 Å². The molecule has 0 saturated heterocycles. The molecule has 0 radical (unpaired) electrons. The molecular formula is C21H16ClNO. The minimum absolute atomic E-state index is 0.0519. The summed E-state index contributed by atoms with van der Waals surface area (Å²) in [6.07, 6.45) is 1.62. The van der Waals surface area contributed by atoms with Crippen molar-refractivity contribution in [3.63, 3.8) is 0 Å². The molecule has 118 valence electrons.